The van der Waals surface area contributed by atoms with Crippen LogP contribution in [-0.2, 0) is 5.60 Å². The Labute approximate surface area is 90.6 Å². The normalized spacial score (nSPS) is 36.5. The maximum absolute atomic E-state index is 10.6. The molecule has 0 radical (unpaired) electrons. The molecule has 15 heavy (non-hydrogen) atoms. The first-order valence-corrected chi connectivity index (χ1v) is 5.57. The van der Waals surface area contributed by atoms with Crippen LogP contribution in [0.4, 0.5) is 0 Å². The van der Waals surface area contributed by atoms with Gasteiger partial charge in [-0.2, -0.15) is 0 Å². The third-order valence-corrected chi connectivity index (χ3v) is 3.59. The summed E-state index contributed by atoms with van der Waals surface area (Å²) in [6.07, 6.45) is 3.27. The van der Waals surface area contributed by atoms with E-state index in [1.54, 1.807) is 6.92 Å². The number of benzene rings is 1. The molecule has 2 nitrogen and oxygen atoms in total. The van der Waals surface area contributed by atoms with Crippen molar-refractivity contribution in [3.8, 4) is 0 Å². The minimum Gasteiger partial charge on any atom is -0.387 e. The minimum atomic E-state index is -1.08. The second kappa shape index (κ2) is 3.62. The summed E-state index contributed by atoms with van der Waals surface area (Å²) < 4.78 is 0. The predicted octanol–water partition coefficient (Wildman–Crippen LogP) is 2.20. The Kier molecular flexibility index (Phi) is 2.57. The number of aliphatic hydroxyl groups is 2. The van der Waals surface area contributed by atoms with Gasteiger partial charge >= 0.3 is 0 Å². The van der Waals surface area contributed by atoms with Crippen LogP contribution in [0.25, 0.3) is 0 Å². The first kappa shape index (κ1) is 10.7. The van der Waals surface area contributed by atoms with Gasteiger partial charge in [0.2, 0.25) is 0 Å². The van der Waals surface area contributed by atoms with Crippen LogP contribution in [0.15, 0.2) is 30.3 Å². The van der Waals surface area contributed by atoms with Gasteiger partial charge in [0.1, 0.15) is 5.60 Å². The van der Waals surface area contributed by atoms with E-state index in [-0.39, 0.29) is 0 Å². The van der Waals surface area contributed by atoms with Crippen molar-refractivity contribution in [3.63, 3.8) is 0 Å². The molecule has 1 saturated carbocycles. The van der Waals surface area contributed by atoms with Crippen molar-refractivity contribution in [2.45, 2.75) is 43.8 Å². The van der Waals surface area contributed by atoms with E-state index in [1.807, 2.05) is 30.3 Å². The standard InChI is InChI=1S/C13H18O2/c1-12(14)9-5-6-10-13(12,15)11-7-3-2-4-8-11/h2-4,7-8,14-15H,5-6,9-10H2,1H3/t12-,13-/m1/s1. The Balaban J connectivity index is 2.40. The molecule has 0 heterocycles. The van der Waals surface area contributed by atoms with Crippen LogP contribution in [0.1, 0.15) is 38.2 Å². The van der Waals surface area contributed by atoms with E-state index < -0.39 is 11.2 Å². The van der Waals surface area contributed by atoms with Crippen LogP contribution in [0.3, 0.4) is 0 Å². The molecule has 0 aliphatic heterocycles. The minimum absolute atomic E-state index is 0.643. The Bertz CT molecular complexity index is 332. The zero-order chi connectivity index (χ0) is 10.9. The molecule has 2 atom stereocenters. The first-order chi connectivity index (χ1) is 7.06. The van der Waals surface area contributed by atoms with Crippen LogP contribution in [0.5, 0.6) is 0 Å². The first-order valence-electron chi connectivity index (χ1n) is 5.57. The van der Waals surface area contributed by atoms with Crippen molar-refractivity contribution >= 4 is 0 Å². The fourth-order valence-corrected chi connectivity index (χ4v) is 2.50. The van der Waals surface area contributed by atoms with Crippen LogP contribution in [0.2, 0.25) is 0 Å². The van der Waals surface area contributed by atoms with Gasteiger partial charge in [0.05, 0.1) is 5.60 Å². The SMILES string of the molecule is C[C@@]1(O)CCCC[C@@]1(O)c1ccccc1. The Morgan fingerprint density at radius 3 is 2.20 bits per heavy atom. The van der Waals surface area contributed by atoms with Crippen LogP contribution < -0.4 is 0 Å². The van der Waals surface area contributed by atoms with Crippen molar-refractivity contribution in [1.82, 2.24) is 0 Å². The van der Waals surface area contributed by atoms with E-state index in [4.69, 9.17) is 0 Å². The Hall–Kier alpha value is -0.860. The zero-order valence-corrected chi connectivity index (χ0v) is 9.11. The van der Waals surface area contributed by atoms with Gasteiger partial charge in [-0.3, -0.25) is 0 Å². The molecule has 0 unspecified atom stereocenters. The maximum atomic E-state index is 10.6. The largest absolute Gasteiger partial charge is 0.387 e. The molecular weight excluding hydrogens is 188 g/mol. The molecule has 0 spiro atoms. The van der Waals surface area contributed by atoms with E-state index in [0.717, 1.165) is 18.4 Å². The summed E-state index contributed by atoms with van der Waals surface area (Å²) in [5, 5.41) is 20.9. The summed E-state index contributed by atoms with van der Waals surface area (Å²) in [6.45, 7) is 1.74. The topological polar surface area (TPSA) is 40.5 Å². The maximum Gasteiger partial charge on any atom is 0.118 e. The summed E-state index contributed by atoms with van der Waals surface area (Å²) in [4.78, 5) is 0. The van der Waals surface area contributed by atoms with E-state index in [9.17, 15) is 10.2 Å². The van der Waals surface area contributed by atoms with Gasteiger partial charge in [0.15, 0.2) is 0 Å². The van der Waals surface area contributed by atoms with E-state index in [0.29, 0.717) is 12.8 Å². The molecule has 1 aliphatic carbocycles. The van der Waals surface area contributed by atoms with Gasteiger partial charge in [-0.05, 0) is 25.3 Å². The van der Waals surface area contributed by atoms with Crippen molar-refractivity contribution in [2.24, 2.45) is 0 Å². The van der Waals surface area contributed by atoms with Gasteiger partial charge in [-0.15, -0.1) is 0 Å². The van der Waals surface area contributed by atoms with Gasteiger partial charge < -0.3 is 10.2 Å². The molecule has 1 aromatic rings. The third kappa shape index (κ3) is 1.68. The lowest BCUT2D eigenvalue weighted by atomic mass is 9.69. The zero-order valence-electron chi connectivity index (χ0n) is 9.11. The predicted molar refractivity (Wildman–Crippen MR) is 59.4 cm³/mol. The number of rotatable bonds is 1. The number of hydrogen-bond donors (Lipinski definition) is 2. The highest BCUT2D eigenvalue weighted by molar-refractivity contribution is 5.26. The molecule has 0 amide bonds. The van der Waals surface area contributed by atoms with E-state index >= 15 is 0 Å². The Morgan fingerprint density at radius 2 is 1.60 bits per heavy atom. The molecule has 2 rings (SSSR count). The van der Waals surface area contributed by atoms with Crippen LogP contribution in [-0.4, -0.2) is 15.8 Å². The average Bonchev–Trinajstić information content (AvgIpc) is 2.24. The molecular formula is C13H18O2. The molecule has 82 valence electrons. The lowest BCUT2D eigenvalue weighted by Crippen LogP contribution is -2.51. The third-order valence-electron chi connectivity index (χ3n) is 3.59. The molecule has 0 saturated heterocycles. The molecule has 2 N–H and O–H groups in total. The fraction of sp³-hybridized carbons (Fsp3) is 0.538. The second-order valence-electron chi connectivity index (χ2n) is 4.71. The highest BCUT2D eigenvalue weighted by Crippen LogP contribution is 2.44. The summed E-state index contributed by atoms with van der Waals surface area (Å²) in [6, 6.07) is 9.50. The van der Waals surface area contributed by atoms with Gasteiger partial charge in [-0.1, -0.05) is 43.2 Å². The molecule has 1 fully saturated rings. The van der Waals surface area contributed by atoms with Crippen molar-refractivity contribution < 1.29 is 10.2 Å². The summed E-state index contributed by atoms with van der Waals surface area (Å²) in [5.41, 5.74) is -1.26. The quantitative estimate of drug-likeness (QED) is 0.739. The van der Waals surface area contributed by atoms with E-state index in [2.05, 4.69) is 0 Å². The monoisotopic (exact) mass is 206 g/mol. The fourth-order valence-electron chi connectivity index (χ4n) is 2.50. The van der Waals surface area contributed by atoms with Gasteiger partial charge in [-0.25, -0.2) is 0 Å². The molecule has 1 aromatic carbocycles. The summed E-state index contributed by atoms with van der Waals surface area (Å²) in [5.74, 6) is 0. The second-order valence-corrected chi connectivity index (χ2v) is 4.71. The van der Waals surface area contributed by atoms with Crippen LogP contribution in [0, 0.1) is 0 Å². The lowest BCUT2D eigenvalue weighted by Gasteiger charge is -2.45. The van der Waals surface area contributed by atoms with Gasteiger partial charge in [0.25, 0.3) is 0 Å². The Morgan fingerprint density at radius 1 is 1.00 bits per heavy atom. The van der Waals surface area contributed by atoms with Crippen LogP contribution >= 0.6 is 0 Å². The van der Waals surface area contributed by atoms with Crippen molar-refractivity contribution in [1.29, 1.82) is 0 Å². The lowest BCUT2D eigenvalue weighted by molar-refractivity contribution is -0.171. The molecule has 0 bridgehead atoms. The van der Waals surface area contributed by atoms with Crippen molar-refractivity contribution in [3.05, 3.63) is 35.9 Å². The molecule has 1 aliphatic rings. The van der Waals surface area contributed by atoms with Crippen molar-refractivity contribution in [2.75, 3.05) is 0 Å². The highest BCUT2D eigenvalue weighted by Gasteiger charge is 2.48. The highest BCUT2D eigenvalue weighted by atomic mass is 16.4. The molecule has 0 aromatic heterocycles. The summed E-state index contributed by atoms with van der Waals surface area (Å²) in [7, 11) is 0. The van der Waals surface area contributed by atoms with Gasteiger partial charge in [0, 0.05) is 0 Å². The summed E-state index contributed by atoms with van der Waals surface area (Å²) >= 11 is 0. The molecule has 2 heteroatoms. The average molecular weight is 206 g/mol. The van der Waals surface area contributed by atoms with E-state index in [1.165, 1.54) is 0 Å². The smallest absolute Gasteiger partial charge is 0.118 e. The number of hydrogen-bond acceptors (Lipinski definition) is 2.